The summed E-state index contributed by atoms with van der Waals surface area (Å²) in [5.74, 6) is 1.95. The first-order valence-electron chi connectivity index (χ1n) is 13.3. The number of amides is 3. The number of hydrogen-bond donors (Lipinski definition) is 2. The average molecular weight is 520 g/mol. The van der Waals surface area contributed by atoms with E-state index in [1.807, 2.05) is 44.2 Å². The predicted octanol–water partition coefficient (Wildman–Crippen LogP) is 5.00. The zero-order valence-electron chi connectivity index (χ0n) is 23.3. The lowest BCUT2D eigenvalue weighted by Gasteiger charge is -2.34. The molecule has 0 fully saturated rings. The van der Waals surface area contributed by atoms with Crippen LogP contribution in [-0.2, 0) is 20.7 Å². The summed E-state index contributed by atoms with van der Waals surface area (Å²) in [6.45, 7) is 10.1. The topological polar surface area (TPSA) is 87.7 Å². The molecule has 2 atom stereocenters. The second kappa shape index (κ2) is 14.8. The molecule has 0 radical (unpaired) electrons. The maximum atomic E-state index is 14.2. The molecular weight excluding hydrogens is 478 g/mol. The Hall–Kier alpha value is -3.79. The molecule has 7 nitrogen and oxygen atoms in total. The predicted molar refractivity (Wildman–Crippen MR) is 150 cm³/mol. The molecule has 38 heavy (non-hydrogen) atoms. The molecule has 0 heterocycles. The van der Waals surface area contributed by atoms with E-state index in [4.69, 9.17) is 11.2 Å². The fourth-order valence-corrected chi connectivity index (χ4v) is 4.03. The molecule has 7 heteroatoms. The quantitative estimate of drug-likeness (QED) is 0.305. The highest BCUT2D eigenvalue weighted by atomic mass is 16.6. The molecule has 0 aromatic heterocycles. The number of unbranched alkanes of at least 4 members (excludes halogenated alkanes) is 1. The van der Waals surface area contributed by atoms with Crippen LogP contribution >= 0.6 is 0 Å². The third kappa shape index (κ3) is 9.59. The Morgan fingerprint density at radius 1 is 1.00 bits per heavy atom. The lowest BCUT2D eigenvalue weighted by Crippen LogP contribution is -2.54. The summed E-state index contributed by atoms with van der Waals surface area (Å²) in [6.07, 6.45) is 7.47. The average Bonchev–Trinajstić information content (AvgIpc) is 2.87. The maximum absolute atomic E-state index is 14.2. The number of carbonyl (C=O) groups is 3. The zero-order chi connectivity index (χ0) is 28.1. The van der Waals surface area contributed by atoms with Crippen molar-refractivity contribution in [3.05, 3.63) is 71.3 Å². The smallest absolute Gasteiger partial charge is 0.408 e. The molecule has 2 rings (SSSR count). The third-order valence-corrected chi connectivity index (χ3v) is 5.80. The molecule has 2 aromatic carbocycles. The van der Waals surface area contributed by atoms with Gasteiger partial charge in [0.05, 0.1) is 0 Å². The van der Waals surface area contributed by atoms with E-state index < -0.39 is 23.8 Å². The van der Waals surface area contributed by atoms with Crippen LogP contribution in [0.2, 0.25) is 0 Å². The number of ether oxygens (including phenoxy) is 1. The number of nitrogens with one attached hydrogen (secondary N) is 2. The van der Waals surface area contributed by atoms with Crippen molar-refractivity contribution in [3.63, 3.8) is 0 Å². The lowest BCUT2D eigenvalue weighted by molar-refractivity contribution is -0.142. The zero-order valence-corrected chi connectivity index (χ0v) is 23.3. The van der Waals surface area contributed by atoms with Crippen LogP contribution in [-0.4, -0.2) is 47.5 Å². The Balaban J connectivity index is 2.48. The standard InChI is InChI=1S/C31H41N3O4/c1-7-10-20-32-28(35)27(25-18-16-23(9-3)17-19-25)34(21-8-2)29(36)26(22-24-14-12-11-13-15-24)33-30(37)38-31(4,5)6/h3,11-19,26-27H,7-8,10,20-22H2,1-2,4-6H3,(H,32,35)(H,33,37). The molecule has 0 saturated heterocycles. The van der Waals surface area contributed by atoms with E-state index in [1.165, 1.54) is 0 Å². The molecule has 2 aromatic rings. The minimum absolute atomic E-state index is 0.249. The second-order valence-electron chi connectivity index (χ2n) is 10.2. The highest BCUT2D eigenvalue weighted by Crippen LogP contribution is 2.24. The summed E-state index contributed by atoms with van der Waals surface area (Å²) < 4.78 is 5.46. The van der Waals surface area contributed by atoms with Crippen molar-refractivity contribution in [1.29, 1.82) is 0 Å². The van der Waals surface area contributed by atoms with Gasteiger partial charge in [0.25, 0.3) is 0 Å². The Bertz CT molecular complexity index is 1080. The van der Waals surface area contributed by atoms with Gasteiger partial charge >= 0.3 is 6.09 Å². The number of rotatable bonds is 12. The molecule has 3 amide bonds. The first-order chi connectivity index (χ1) is 18.1. The number of benzene rings is 2. The van der Waals surface area contributed by atoms with Gasteiger partial charge < -0.3 is 20.3 Å². The van der Waals surface area contributed by atoms with Gasteiger partial charge in [-0.1, -0.05) is 68.7 Å². The molecule has 0 spiro atoms. The van der Waals surface area contributed by atoms with Crippen LogP contribution in [0.5, 0.6) is 0 Å². The summed E-state index contributed by atoms with van der Waals surface area (Å²) >= 11 is 0. The fraction of sp³-hybridized carbons (Fsp3) is 0.452. The normalized spacial score (nSPS) is 12.5. The van der Waals surface area contributed by atoms with Crippen molar-refractivity contribution >= 4 is 17.9 Å². The number of nitrogens with zero attached hydrogens (tertiary/aromatic N) is 1. The van der Waals surface area contributed by atoms with Crippen LogP contribution in [0.3, 0.4) is 0 Å². The van der Waals surface area contributed by atoms with Crippen LogP contribution in [0.1, 0.15) is 76.6 Å². The van der Waals surface area contributed by atoms with Gasteiger partial charge in [-0.3, -0.25) is 9.59 Å². The molecule has 204 valence electrons. The van der Waals surface area contributed by atoms with E-state index in [-0.39, 0.29) is 18.2 Å². The van der Waals surface area contributed by atoms with Gasteiger partial charge in [-0.25, -0.2) is 4.79 Å². The lowest BCUT2D eigenvalue weighted by atomic mass is 9.99. The van der Waals surface area contributed by atoms with Crippen molar-refractivity contribution in [1.82, 2.24) is 15.5 Å². The molecule has 0 aliphatic heterocycles. The molecule has 0 bridgehead atoms. The molecule has 0 aliphatic rings. The summed E-state index contributed by atoms with van der Waals surface area (Å²) in [4.78, 5) is 42.0. The number of carbonyl (C=O) groups excluding carboxylic acids is 3. The van der Waals surface area contributed by atoms with Gasteiger partial charge in [-0.2, -0.15) is 0 Å². The van der Waals surface area contributed by atoms with Gasteiger partial charge in [0, 0.05) is 25.1 Å². The SMILES string of the molecule is C#Cc1ccc(C(C(=O)NCCCC)N(CCC)C(=O)C(Cc2ccccc2)NC(=O)OC(C)(C)C)cc1. The monoisotopic (exact) mass is 519 g/mol. The molecule has 0 saturated carbocycles. The van der Waals surface area contributed by atoms with Gasteiger partial charge in [-0.05, 0) is 56.9 Å². The van der Waals surface area contributed by atoms with Crippen molar-refractivity contribution in [3.8, 4) is 12.3 Å². The van der Waals surface area contributed by atoms with E-state index in [1.54, 1.807) is 49.9 Å². The Morgan fingerprint density at radius 3 is 2.21 bits per heavy atom. The molecule has 0 aliphatic carbocycles. The summed E-state index contributed by atoms with van der Waals surface area (Å²) in [6, 6.07) is 14.7. The van der Waals surface area contributed by atoms with Crippen LogP contribution in [0, 0.1) is 12.3 Å². The van der Waals surface area contributed by atoms with Gasteiger partial charge in [-0.15, -0.1) is 6.42 Å². The third-order valence-electron chi connectivity index (χ3n) is 5.80. The summed E-state index contributed by atoms with van der Waals surface area (Å²) in [5.41, 5.74) is 1.48. The highest BCUT2D eigenvalue weighted by Gasteiger charge is 2.36. The molecular formula is C31H41N3O4. The van der Waals surface area contributed by atoms with E-state index in [9.17, 15) is 14.4 Å². The van der Waals surface area contributed by atoms with Gasteiger partial charge in [0.15, 0.2) is 0 Å². The van der Waals surface area contributed by atoms with Crippen LogP contribution in [0.25, 0.3) is 0 Å². The highest BCUT2D eigenvalue weighted by molar-refractivity contribution is 5.92. The second-order valence-corrected chi connectivity index (χ2v) is 10.2. The Morgan fingerprint density at radius 2 is 1.66 bits per heavy atom. The van der Waals surface area contributed by atoms with Crippen LogP contribution in [0.4, 0.5) is 4.79 Å². The largest absolute Gasteiger partial charge is 0.444 e. The first kappa shape index (κ1) is 30.4. The van der Waals surface area contributed by atoms with Crippen molar-refractivity contribution in [2.24, 2.45) is 0 Å². The minimum atomic E-state index is -0.935. The van der Waals surface area contributed by atoms with Crippen LogP contribution in [0.15, 0.2) is 54.6 Å². The van der Waals surface area contributed by atoms with Crippen LogP contribution < -0.4 is 10.6 Å². The minimum Gasteiger partial charge on any atom is -0.444 e. The molecule has 2 N–H and O–H groups in total. The Kier molecular flexibility index (Phi) is 11.9. The van der Waals surface area contributed by atoms with Gasteiger partial charge in [0.2, 0.25) is 11.8 Å². The summed E-state index contributed by atoms with van der Waals surface area (Å²) in [5, 5.41) is 5.75. The van der Waals surface area contributed by atoms with Gasteiger partial charge in [0.1, 0.15) is 17.7 Å². The van der Waals surface area contributed by atoms with Crippen molar-refractivity contribution < 1.29 is 19.1 Å². The van der Waals surface area contributed by atoms with E-state index >= 15 is 0 Å². The van der Waals surface area contributed by atoms with E-state index in [0.29, 0.717) is 30.6 Å². The number of hydrogen-bond acceptors (Lipinski definition) is 4. The number of alkyl carbamates (subject to hydrolysis) is 1. The van der Waals surface area contributed by atoms with E-state index in [0.717, 1.165) is 18.4 Å². The summed E-state index contributed by atoms with van der Waals surface area (Å²) in [7, 11) is 0. The van der Waals surface area contributed by atoms with Crippen molar-refractivity contribution in [2.45, 2.75) is 78.0 Å². The Labute approximate surface area is 227 Å². The maximum Gasteiger partial charge on any atom is 0.408 e. The number of terminal acetylenes is 1. The first-order valence-corrected chi connectivity index (χ1v) is 13.3. The molecule has 2 unspecified atom stereocenters. The van der Waals surface area contributed by atoms with Crippen molar-refractivity contribution in [2.75, 3.05) is 13.1 Å². The van der Waals surface area contributed by atoms with E-state index in [2.05, 4.69) is 16.6 Å². The fourth-order valence-electron chi connectivity index (χ4n) is 4.03.